The Morgan fingerprint density at radius 2 is 2.22 bits per heavy atom. The summed E-state index contributed by atoms with van der Waals surface area (Å²) in [6.07, 6.45) is 4.43. The zero-order valence-electron chi connectivity index (χ0n) is 10.8. The van der Waals surface area contributed by atoms with Gasteiger partial charge in [-0.1, -0.05) is 6.92 Å². The van der Waals surface area contributed by atoms with Crippen LogP contribution in [0.15, 0.2) is 23.2 Å². The molecular formula is C12H19N3O2S. The average Bonchev–Trinajstić information content (AvgIpc) is 3.20. The molecular weight excluding hydrogens is 250 g/mol. The van der Waals surface area contributed by atoms with Crippen LogP contribution in [0, 0.1) is 0 Å². The van der Waals surface area contributed by atoms with E-state index in [0.29, 0.717) is 12.4 Å². The molecule has 0 bridgehead atoms. The van der Waals surface area contributed by atoms with Crippen LogP contribution in [0.4, 0.5) is 5.82 Å². The van der Waals surface area contributed by atoms with Crippen LogP contribution in [0.2, 0.25) is 0 Å². The molecule has 0 aromatic carbocycles. The van der Waals surface area contributed by atoms with Crippen molar-refractivity contribution in [3.8, 4) is 0 Å². The number of hydrogen-bond donors (Lipinski definition) is 1. The number of sulfonamides is 1. The van der Waals surface area contributed by atoms with Crippen molar-refractivity contribution in [1.29, 1.82) is 0 Å². The summed E-state index contributed by atoms with van der Waals surface area (Å²) in [6.45, 7) is 2.74. The van der Waals surface area contributed by atoms with Crippen molar-refractivity contribution in [3.05, 3.63) is 18.3 Å². The van der Waals surface area contributed by atoms with Crippen LogP contribution in [0.3, 0.4) is 0 Å². The first-order valence-electron chi connectivity index (χ1n) is 6.24. The summed E-state index contributed by atoms with van der Waals surface area (Å²) in [7, 11) is -1.79. The summed E-state index contributed by atoms with van der Waals surface area (Å²) < 4.78 is 26.3. The van der Waals surface area contributed by atoms with E-state index >= 15 is 0 Å². The number of aromatic nitrogens is 1. The summed E-state index contributed by atoms with van der Waals surface area (Å²) in [5.74, 6) is 0.451. The molecule has 0 atom stereocenters. The minimum atomic E-state index is -3.43. The highest BCUT2D eigenvalue weighted by Gasteiger charge is 2.36. The molecule has 0 amide bonds. The number of nitrogens with zero attached hydrogens (tertiary/aromatic N) is 2. The first kappa shape index (κ1) is 13.3. The molecule has 0 unspecified atom stereocenters. The van der Waals surface area contributed by atoms with Gasteiger partial charge in [-0.15, -0.1) is 0 Å². The van der Waals surface area contributed by atoms with E-state index < -0.39 is 10.0 Å². The van der Waals surface area contributed by atoms with Gasteiger partial charge in [0.15, 0.2) is 0 Å². The van der Waals surface area contributed by atoms with Gasteiger partial charge >= 0.3 is 0 Å². The fourth-order valence-corrected chi connectivity index (χ4v) is 3.30. The van der Waals surface area contributed by atoms with E-state index in [1.165, 1.54) is 4.31 Å². The largest absolute Gasteiger partial charge is 0.369 e. The molecule has 1 heterocycles. The number of hydrogen-bond acceptors (Lipinski definition) is 4. The van der Waals surface area contributed by atoms with Crippen LogP contribution >= 0.6 is 0 Å². The fraction of sp³-hybridized carbons (Fsp3) is 0.583. The van der Waals surface area contributed by atoms with Crippen LogP contribution in [0.1, 0.15) is 26.2 Å². The third kappa shape index (κ3) is 2.64. The maximum atomic E-state index is 12.4. The van der Waals surface area contributed by atoms with Gasteiger partial charge < -0.3 is 5.32 Å². The van der Waals surface area contributed by atoms with Crippen molar-refractivity contribution in [3.63, 3.8) is 0 Å². The number of anilines is 1. The van der Waals surface area contributed by atoms with Gasteiger partial charge in [-0.3, -0.25) is 0 Å². The predicted octanol–water partition coefficient (Wildman–Crippen LogP) is 1.69. The monoisotopic (exact) mass is 269 g/mol. The van der Waals surface area contributed by atoms with Crippen molar-refractivity contribution >= 4 is 15.8 Å². The minimum absolute atomic E-state index is 0.161. The fourth-order valence-electron chi connectivity index (χ4n) is 1.76. The number of pyridine rings is 1. The van der Waals surface area contributed by atoms with Crippen LogP contribution in [0.5, 0.6) is 0 Å². The summed E-state index contributed by atoms with van der Waals surface area (Å²) in [6, 6.07) is 3.43. The van der Waals surface area contributed by atoms with Crippen molar-refractivity contribution in [1.82, 2.24) is 9.29 Å². The van der Waals surface area contributed by atoms with Gasteiger partial charge in [0.05, 0.1) is 0 Å². The highest BCUT2D eigenvalue weighted by Crippen LogP contribution is 2.32. The molecule has 0 radical (unpaired) electrons. The van der Waals surface area contributed by atoms with Gasteiger partial charge in [-0.2, -0.15) is 4.31 Å². The Hall–Kier alpha value is -1.14. The zero-order valence-corrected chi connectivity index (χ0v) is 11.6. The maximum absolute atomic E-state index is 12.4. The SMILES string of the molecule is CCCNc1ncccc1S(=O)(=O)N(C)C1CC1. The number of rotatable bonds is 6. The molecule has 0 saturated heterocycles. The summed E-state index contributed by atoms with van der Waals surface area (Å²) in [5, 5.41) is 3.07. The van der Waals surface area contributed by atoms with E-state index in [-0.39, 0.29) is 10.9 Å². The van der Waals surface area contributed by atoms with Crippen molar-refractivity contribution < 1.29 is 8.42 Å². The Balaban J connectivity index is 2.31. The Labute approximate surface area is 108 Å². The van der Waals surface area contributed by atoms with Gasteiger partial charge in [0.2, 0.25) is 10.0 Å². The lowest BCUT2D eigenvalue weighted by molar-refractivity contribution is 0.464. The Kier molecular flexibility index (Phi) is 3.87. The van der Waals surface area contributed by atoms with Crippen molar-refractivity contribution in [2.24, 2.45) is 0 Å². The molecule has 100 valence electrons. The predicted molar refractivity (Wildman–Crippen MR) is 71.0 cm³/mol. The van der Waals surface area contributed by atoms with Gasteiger partial charge in [0, 0.05) is 25.8 Å². The topological polar surface area (TPSA) is 62.3 Å². The third-order valence-electron chi connectivity index (χ3n) is 3.03. The lowest BCUT2D eigenvalue weighted by Gasteiger charge is -2.18. The van der Waals surface area contributed by atoms with Crippen molar-refractivity contribution in [2.45, 2.75) is 37.1 Å². The molecule has 1 fully saturated rings. The van der Waals surface area contributed by atoms with E-state index in [2.05, 4.69) is 10.3 Å². The Bertz CT molecular complexity index is 512. The maximum Gasteiger partial charge on any atom is 0.246 e. The van der Waals surface area contributed by atoms with E-state index in [0.717, 1.165) is 19.3 Å². The molecule has 5 nitrogen and oxygen atoms in total. The van der Waals surface area contributed by atoms with E-state index in [1.54, 1.807) is 25.4 Å². The molecule has 2 rings (SSSR count). The molecule has 0 aliphatic heterocycles. The summed E-state index contributed by atoms with van der Waals surface area (Å²) in [5.41, 5.74) is 0. The second-order valence-corrected chi connectivity index (χ2v) is 6.50. The van der Waals surface area contributed by atoms with Crippen LogP contribution in [-0.4, -0.2) is 37.3 Å². The number of nitrogens with one attached hydrogen (secondary N) is 1. The molecule has 1 aromatic heterocycles. The zero-order chi connectivity index (χ0) is 13.2. The molecule has 1 aromatic rings. The van der Waals surface area contributed by atoms with E-state index in [4.69, 9.17) is 0 Å². The molecule has 0 spiro atoms. The van der Waals surface area contributed by atoms with E-state index in [9.17, 15) is 8.42 Å². The molecule has 6 heteroatoms. The average molecular weight is 269 g/mol. The van der Waals surface area contributed by atoms with Gasteiger partial charge in [0.1, 0.15) is 10.7 Å². The highest BCUT2D eigenvalue weighted by molar-refractivity contribution is 7.89. The quantitative estimate of drug-likeness (QED) is 0.853. The van der Waals surface area contributed by atoms with Crippen LogP contribution in [0.25, 0.3) is 0 Å². The third-order valence-corrected chi connectivity index (χ3v) is 4.97. The molecule has 1 saturated carbocycles. The van der Waals surface area contributed by atoms with Crippen LogP contribution in [-0.2, 0) is 10.0 Å². The molecule has 1 aliphatic carbocycles. The van der Waals surface area contributed by atoms with Gasteiger partial charge in [0.25, 0.3) is 0 Å². The minimum Gasteiger partial charge on any atom is -0.369 e. The normalized spacial score (nSPS) is 15.9. The van der Waals surface area contributed by atoms with Crippen LogP contribution < -0.4 is 5.32 Å². The molecule has 1 aliphatic rings. The standard InChI is InChI=1S/C12H19N3O2S/c1-3-8-13-12-11(5-4-9-14-12)18(16,17)15(2)10-6-7-10/h4-5,9-10H,3,6-8H2,1-2H3,(H,13,14). The van der Waals surface area contributed by atoms with Crippen molar-refractivity contribution in [2.75, 3.05) is 18.9 Å². The Morgan fingerprint density at radius 1 is 1.50 bits per heavy atom. The highest BCUT2D eigenvalue weighted by atomic mass is 32.2. The smallest absolute Gasteiger partial charge is 0.246 e. The van der Waals surface area contributed by atoms with Gasteiger partial charge in [-0.25, -0.2) is 13.4 Å². The Morgan fingerprint density at radius 3 is 2.83 bits per heavy atom. The van der Waals surface area contributed by atoms with E-state index in [1.807, 2.05) is 6.92 Å². The second-order valence-electron chi connectivity index (χ2n) is 4.53. The first-order chi connectivity index (χ1) is 8.57. The lowest BCUT2D eigenvalue weighted by Crippen LogP contribution is -2.29. The molecule has 1 N–H and O–H groups in total. The second kappa shape index (κ2) is 5.24. The van der Waals surface area contributed by atoms with Gasteiger partial charge in [-0.05, 0) is 31.4 Å². The summed E-state index contributed by atoms with van der Waals surface area (Å²) >= 11 is 0. The molecule has 18 heavy (non-hydrogen) atoms. The lowest BCUT2D eigenvalue weighted by atomic mass is 10.4. The summed E-state index contributed by atoms with van der Waals surface area (Å²) in [4.78, 5) is 4.40. The first-order valence-corrected chi connectivity index (χ1v) is 7.68.